The van der Waals surface area contributed by atoms with Gasteiger partial charge in [-0.05, 0) is 109 Å². The Kier molecular flexibility index (Phi) is 16.9. The molecule has 1 aliphatic heterocycles. The number of likely N-dealkylation sites (N-methyl/N-ethyl adjacent to an activating group) is 1. The van der Waals surface area contributed by atoms with Gasteiger partial charge in [-0.15, -0.1) is 0 Å². The maximum Gasteiger partial charge on any atom is 0.286 e. The minimum absolute atomic E-state index is 0.0240. The van der Waals surface area contributed by atoms with E-state index in [1.54, 1.807) is 12.1 Å². The molecule has 7 rings (SSSR count). The number of nitrogens with zero attached hydrogens (tertiary/aromatic N) is 3. The highest BCUT2D eigenvalue weighted by Gasteiger charge is 2.32. The largest absolute Gasteiger partial charge is 0.492 e. The Bertz CT molecular complexity index is 2440. The first-order valence-corrected chi connectivity index (χ1v) is 22.8. The number of para-hydroxylation sites is 1. The van der Waals surface area contributed by atoms with Crippen LogP contribution in [0.5, 0.6) is 5.75 Å². The van der Waals surface area contributed by atoms with Crippen LogP contribution in [0.2, 0.25) is 0 Å². The van der Waals surface area contributed by atoms with E-state index in [0.717, 1.165) is 94.0 Å². The standard InChI is InChI=1S/C33H37FN2O2.C19H21N3O3S/c1-4-5-16-28(37)21-22-36-31(23(2)3)30(33(38)35-27-14-10-7-11-15-27)29(24-12-8-6-9-13-24)32(36)25-17-19-26(34)20-18-25;1-13-3-8-17(20-12-13)22(2)9-10-25-15-6-4-14(5-7-15)11-16-18(23)21-19(24)26-16/h6-15,17-20,23,28,37H,4-5,16,21-22H2,1-3H3,(H,35,38);3-8,12,16H,9-11H2,1-2H3,(H,21,23,24)/t28-;/m0./s1. The second kappa shape index (κ2) is 22.9. The third-order valence-electron chi connectivity index (χ3n) is 11.0. The number of aliphatic hydroxyl groups is 1. The fourth-order valence-electron chi connectivity index (χ4n) is 7.63. The zero-order chi connectivity index (χ0) is 45.6. The first-order chi connectivity index (χ1) is 30.9. The minimum atomic E-state index is -0.430. The van der Waals surface area contributed by atoms with Crippen LogP contribution < -0.4 is 20.3 Å². The molecule has 12 heteroatoms. The number of hydrogen-bond donors (Lipinski definition) is 3. The van der Waals surface area contributed by atoms with E-state index in [2.05, 4.69) is 41.0 Å². The monoisotopic (exact) mass is 883 g/mol. The maximum atomic E-state index is 14.0. The summed E-state index contributed by atoms with van der Waals surface area (Å²) in [6.45, 7) is 10.1. The number of carbonyl (C=O) groups is 3. The van der Waals surface area contributed by atoms with Gasteiger partial charge in [0.1, 0.15) is 24.0 Å². The van der Waals surface area contributed by atoms with Gasteiger partial charge in [0.25, 0.3) is 11.1 Å². The summed E-state index contributed by atoms with van der Waals surface area (Å²) in [5.41, 5.74) is 7.79. The Hall–Kier alpha value is -6.24. The first-order valence-electron chi connectivity index (χ1n) is 21.9. The molecule has 0 saturated carbocycles. The van der Waals surface area contributed by atoms with Gasteiger partial charge in [-0.1, -0.05) is 112 Å². The highest BCUT2D eigenvalue weighted by molar-refractivity contribution is 8.15. The third-order valence-corrected chi connectivity index (χ3v) is 11.9. The summed E-state index contributed by atoms with van der Waals surface area (Å²) in [4.78, 5) is 43.3. The number of hydrogen-bond acceptors (Lipinski definition) is 8. The normalized spacial score (nSPS) is 13.8. The molecule has 1 fully saturated rings. The molecular weight excluding hydrogens is 826 g/mol. The summed E-state index contributed by atoms with van der Waals surface area (Å²) in [6, 6.07) is 37.4. The molecule has 1 unspecified atom stereocenters. The number of ether oxygens (including phenoxy) is 1. The van der Waals surface area contributed by atoms with E-state index in [1.807, 2.05) is 122 Å². The van der Waals surface area contributed by atoms with Crippen LogP contribution in [-0.2, 0) is 17.8 Å². The average Bonchev–Trinajstić information content (AvgIpc) is 3.81. The van der Waals surface area contributed by atoms with Crippen molar-refractivity contribution in [2.45, 2.75) is 83.6 Å². The van der Waals surface area contributed by atoms with Crippen molar-refractivity contribution in [1.29, 1.82) is 0 Å². The number of carbonyl (C=O) groups excluding carboxylic acids is 3. The van der Waals surface area contributed by atoms with Crippen molar-refractivity contribution < 1.29 is 28.6 Å². The Morgan fingerprint density at radius 1 is 0.922 bits per heavy atom. The number of halogens is 1. The molecule has 0 aliphatic carbocycles. The molecule has 1 saturated heterocycles. The molecule has 334 valence electrons. The highest BCUT2D eigenvalue weighted by Crippen LogP contribution is 2.43. The number of pyridine rings is 1. The second-order valence-corrected chi connectivity index (χ2v) is 17.4. The van der Waals surface area contributed by atoms with Gasteiger partial charge in [-0.25, -0.2) is 9.37 Å². The predicted octanol–water partition coefficient (Wildman–Crippen LogP) is 11.1. The highest BCUT2D eigenvalue weighted by atomic mass is 32.2. The fourth-order valence-corrected chi connectivity index (χ4v) is 8.49. The number of amides is 3. The topological polar surface area (TPSA) is 126 Å². The molecule has 3 N–H and O–H groups in total. The van der Waals surface area contributed by atoms with Crippen molar-refractivity contribution in [3.05, 3.63) is 156 Å². The van der Waals surface area contributed by atoms with Crippen molar-refractivity contribution in [3.63, 3.8) is 0 Å². The Labute approximate surface area is 380 Å². The van der Waals surface area contributed by atoms with E-state index in [0.29, 0.717) is 31.6 Å². The van der Waals surface area contributed by atoms with E-state index < -0.39 is 6.10 Å². The molecule has 0 bridgehead atoms. The lowest BCUT2D eigenvalue weighted by atomic mass is 9.94. The van der Waals surface area contributed by atoms with Gasteiger partial charge >= 0.3 is 0 Å². The zero-order valence-corrected chi connectivity index (χ0v) is 38.0. The van der Waals surface area contributed by atoms with Gasteiger partial charge in [0, 0.05) is 36.7 Å². The average molecular weight is 884 g/mol. The molecule has 4 aromatic carbocycles. The molecule has 2 aromatic heterocycles. The van der Waals surface area contributed by atoms with Crippen LogP contribution >= 0.6 is 11.8 Å². The van der Waals surface area contributed by atoms with Crippen LogP contribution in [0.4, 0.5) is 20.7 Å². The third kappa shape index (κ3) is 12.7. The number of anilines is 2. The van der Waals surface area contributed by atoms with Gasteiger partial charge in [0.05, 0.1) is 29.2 Å². The molecule has 2 atom stereocenters. The van der Waals surface area contributed by atoms with Crippen LogP contribution in [0.25, 0.3) is 22.4 Å². The Morgan fingerprint density at radius 3 is 2.22 bits per heavy atom. The Balaban J connectivity index is 0.000000228. The molecule has 6 aromatic rings. The van der Waals surface area contributed by atoms with Crippen LogP contribution in [0, 0.1) is 12.7 Å². The molecule has 10 nitrogen and oxygen atoms in total. The molecule has 3 heterocycles. The molecular formula is C52H58FN5O5S. The van der Waals surface area contributed by atoms with E-state index in [1.165, 1.54) is 12.1 Å². The van der Waals surface area contributed by atoms with E-state index in [9.17, 15) is 23.9 Å². The number of aromatic nitrogens is 2. The summed E-state index contributed by atoms with van der Waals surface area (Å²) < 4.78 is 21.9. The predicted molar refractivity (Wildman–Crippen MR) is 257 cm³/mol. The summed E-state index contributed by atoms with van der Waals surface area (Å²) >= 11 is 1.05. The number of benzene rings is 4. The van der Waals surface area contributed by atoms with Crippen LogP contribution in [0.15, 0.2) is 128 Å². The summed E-state index contributed by atoms with van der Waals surface area (Å²) in [5.74, 6) is 1.00. The first kappa shape index (κ1) is 47.2. The van der Waals surface area contributed by atoms with Gasteiger partial charge in [-0.3, -0.25) is 19.7 Å². The van der Waals surface area contributed by atoms with Crippen molar-refractivity contribution in [3.8, 4) is 28.1 Å². The maximum absolute atomic E-state index is 14.0. The van der Waals surface area contributed by atoms with Crippen LogP contribution in [-0.4, -0.2) is 63.3 Å². The van der Waals surface area contributed by atoms with Crippen molar-refractivity contribution in [1.82, 2.24) is 14.9 Å². The van der Waals surface area contributed by atoms with E-state index in [4.69, 9.17) is 4.74 Å². The van der Waals surface area contributed by atoms with Crippen molar-refractivity contribution >= 4 is 40.3 Å². The summed E-state index contributed by atoms with van der Waals surface area (Å²) in [7, 11) is 1.98. The molecule has 1 aliphatic rings. The molecule has 0 radical (unpaired) electrons. The lowest BCUT2D eigenvalue weighted by Crippen LogP contribution is -2.25. The van der Waals surface area contributed by atoms with E-state index in [-0.39, 0.29) is 34.0 Å². The van der Waals surface area contributed by atoms with Crippen LogP contribution in [0.3, 0.4) is 0 Å². The number of aryl methyl sites for hydroxylation is 1. The SMILES string of the molecule is CCCC[C@H](O)CCn1c(-c2ccc(F)cc2)c(-c2ccccc2)c(C(=O)Nc2ccccc2)c1C(C)C.Cc1ccc(N(C)CCOc2ccc(CC3SC(=O)NC3=O)cc2)nc1. The van der Waals surface area contributed by atoms with Gasteiger partial charge in [-0.2, -0.15) is 0 Å². The zero-order valence-electron chi connectivity index (χ0n) is 37.2. The summed E-state index contributed by atoms with van der Waals surface area (Å²) in [5, 5.41) is 15.5. The number of thioether (sulfide) groups is 1. The quantitative estimate of drug-likeness (QED) is 0.0779. The van der Waals surface area contributed by atoms with Gasteiger partial charge < -0.3 is 24.6 Å². The van der Waals surface area contributed by atoms with Crippen molar-refractivity contribution in [2.75, 3.05) is 30.4 Å². The Morgan fingerprint density at radius 2 is 1.61 bits per heavy atom. The lowest BCUT2D eigenvalue weighted by molar-refractivity contribution is -0.118. The molecule has 64 heavy (non-hydrogen) atoms. The lowest BCUT2D eigenvalue weighted by Gasteiger charge is -2.19. The number of aliphatic hydroxyl groups excluding tert-OH is 1. The number of nitrogens with one attached hydrogen (secondary N) is 2. The number of imide groups is 1. The number of rotatable bonds is 18. The minimum Gasteiger partial charge on any atom is -0.492 e. The molecule has 0 spiro atoms. The van der Waals surface area contributed by atoms with Gasteiger partial charge in [0.2, 0.25) is 5.91 Å². The van der Waals surface area contributed by atoms with Crippen molar-refractivity contribution in [2.24, 2.45) is 0 Å². The van der Waals surface area contributed by atoms with Gasteiger partial charge in [0.15, 0.2) is 0 Å². The fraction of sp³-hybridized carbons (Fsp3) is 0.308. The molecule has 3 amide bonds. The second-order valence-electron chi connectivity index (χ2n) is 16.3. The number of unbranched alkanes of at least 4 members (excludes halogenated alkanes) is 1. The summed E-state index contributed by atoms with van der Waals surface area (Å²) in [6.07, 6.45) is 5.26. The van der Waals surface area contributed by atoms with E-state index >= 15 is 0 Å². The smallest absolute Gasteiger partial charge is 0.286 e. The van der Waals surface area contributed by atoms with Crippen LogP contribution in [0.1, 0.15) is 79.6 Å².